The molecule has 0 aromatic heterocycles. The molecule has 0 amide bonds. The van der Waals surface area contributed by atoms with Gasteiger partial charge in [-0.05, 0) is 6.26 Å². The lowest BCUT2D eigenvalue weighted by Gasteiger charge is -1.90. The van der Waals surface area contributed by atoms with Gasteiger partial charge in [-0.2, -0.15) is 8.42 Å². The van der Waals surface area contributed by atoms with Gasteiger partial charge in [0.25, 0.3) is 10.2 Å². The third-order valence-corrected chi connectivity index (χ3v) is 1.80. The Bertz CT molecular complexity index is 127. The minimum atomic E-state index is -3.46. The van der Waals surface area contributed by atoms with Crippen LogP contribution < -0.4 is 9.27 Å². The molecule has 0 radical (unpaired) electrons. The predicted octanol–water partition coefficient (Wildman–Crippen LogP) is -0.943. The van der Waals surface area contributed by atoms with Gasteiger partial charge in [0, 0.05) is 0 Å². The first-order valence-corrected chi connectivity index (χ1v) is 4.16. The second kappa shape index (κ2) is 2.51. The zero-order chi connectivity index (χ0) is 5.91. The summed E-state index contributed by atoms with van der Waals surface area (Å²) in [5.41, 5.74) is 0. The van der Waals surface area contributed by atoms with Gasteiger partial charge in [0.2, 0.25) is 0 Å². The van der Waals surface area contributed by atoms with E-state index in [1.165, 1.54) is 0 Å². The minimum absolute atomic E-state index is 0.946. The molecular formula is CH6N2O2S2. The van der Waals surface area contributed by atoms with Crippen molar-refractivity contribution in [1.82, 2.24) is 4.13 Å². The van der Waals surface area contributed by atoms with Crippen LogP contribution in [0, 0.1) is 0 Å². The maximum Gasteiger partial charge on any atom is 0.283 e. The van der Waals surface area contributed by atoms with Crippen LogP contribution in [0.25, 0.3) is 0 Å². The summed E-state index contributed by atoms with van der Waals surface area (Å²) in [5, 5.41) is 4.49. The van der Waals surface area contributed by atoms with Crippen LogP contribution in [0.5, 0.6) is 0 Å². The molecule has 3 N–H and O–H groups in total. The van der Waals surface area contributed by atoms with E-state index in [9.17, 15) is 8.42 Å². The Morgan fingerprint density at radius 1 is 1.71 bits per heavy atom. The number of nitrogens with two attached hydrogens (primary N) is 1. The first-order chi connectivity index (χ1) is 3.06. The molecule has 0 aliphatic carbocycles. The minimum Gasteiger partial charge on any atom is -0.215 e. The van der Waals surface area contributed by atoms with E-state index in [4.69, 9.17) is 0 Å². The lowest BCUT2D eigenvalue weighted by Crippen LogP contribution is -2.24. The average molecular weight is 142 g/mol. The molecule has 4 nitrogen and oxygen atoms in total. The summed E-state index contributed by atoms with van der Waals surface area (Å²) >= 11 is 0.946. The monoisotopic (exact) mass is 142 g/mol. The zero-order valence-electron chi connectivity index (χ0n) is 3.71. The second-order valence-electron chi connectivity index (χ2n) is 0.832. The third-order valence-electron chi connectivity index (χ3n) is 0.199. The summed E-state index contributed by atoms with van der Waals surface area (Å²) in [6.07, 6.45) is 1.57. The molecule has 0 saturated carbocycles. The summed E-state index contributed by atoms with van der Waals surface area (Å²) < 4.78 is 21.7. The van der Waals surface area contributed by atoms with E-state index < -0.39 is 10.2 Å². The highest BCUT2D eigenvalue weighted by atomic mass is 32.3. The lowest BCUT2D eigenvalue weighted by molar-refractivity contribution is 0.596. The SMILES string of the molecule is CSNS(N)(=O)=O. The molecule has 0 heterocycles. The van der Waals surface area contributed by atoms with Gasteiger partial charge < -0.3 is 0 Å². The van der Waals surface area contributed by atoms with Crippen LogP contribution in [0.2, 0.25) is 0 Å². The summed E-state index contributed by atoms with van der Waals surface area (Å²) in [6.45, 7) is 0. The molecule has 0 atom stereocenters. The smallest absolute Gasteiger partial charge is 0.215 e. The number of hydrogen-bond acceptors (Lipinski definition) is 3. The first-order valence-electron chi connectivity index (χ1n) is 1.39. The average Bonchev–Trinajstić information content (AvgIpc) is 1.30. The summed E-state index contributed by atoms with van der Waals surface area (Å²) in [4.78, 5) is 0. The van der Waals surface area contributed by atoms with Crippen molar-refractivity contribution < 1.29 is 8.42 Å². The highest BCUT2D eigenvalue weighted by molar-refractivity contribution is 8.08. The molecular weight excluding hydrogens is 136 g/mol. The highest BCUT2D eigenvalue weighted by Gasteiger charge is 1.93. The van der Waals surface area contributed by atoms with E-state index in [1.807, 2.05) is 4.13 Å². The van der Waals surface area contributed by atoms with Crippen LogP contribution in [0.15, 0.2) is 0 Å². The fourth-order valence-corrected chi connectivity index (χ4v) is 1.05. The van der Waals surface area contributed by atoms with E-state index in [0.29, 0.717) is 0 Å². The summed E-state index contributed by atoms with van der Waals surface area (Å²) in [7, 11) is -3.46. The molecule has 0 aliphatic heterocycles. The van der Waals surface area contributed by atoms with Crippen molar-refractivity contribution in [3.8, 4) is 0 Å². The van der Waals surface area contributed by atoms with E-state index in [0.717, 1.165) is 11.9 Å². The molecule has 0 rings (SSSR count). The third kappa shape index (κ3) is 6.22. The zero-order valence-corrected chi connectivity index (χ0v) is 5.34. The topological polar surface area (TPSA) is 72.2 Å². The quantitative estimate of drug-likeness (QED) is 0.489. The molecule has 0 bridgehead atoms. The molecule has 0 fully saturated rings. The highest BCUT2D eigenvalue weighted by Crippen LogP contribution is 1.81. The number of nitrogens with one attached hydrogen (secondary N) is 1. The summed E-state index contributed by atoms with van der Waals surface area (Å²) in [5.74, 6) is 0. The maximum absolute atomic E-state index is 9.88. The van der Waals surface area contributed by atoms with Gasteiger partial charge in [0.05, 0.1) is 0 Å². The van der Waals surface area contributed by atoms with E-state index >= 15 is 0 Å². The molecule has 0 spiro atoms. The van der Waals surface area contributed by atoms with Crippen LogP contribution in [0.1, 0.15) is 0 Å². The van der Waals surface area contributed by atoms with Crippen molar-refractivity contribution in [2.24, 2.45) is 5.14 Å². The van der Waals surface area contributed by atoms with Crippen LogP contribution in [-0.4, -0.2) is 14.7 Å². The van der Waals surface area contributed by atoms with Crippen LogP contribution >= 0.6 is 11.9 Å². The molecule has 0 aromatic carbocycles. The fraction of sp³-hybridized carbons (Fsp3) is 1.00. The van der Waals surface area contributed by atoms with Gasteiger partial charge in [-0.1, -0.05) is 11.9 Å². The van der Waals surface area contributed by atoms with Crippen LogP contribution in [-0.2, 0) is 10.2 Å². The molecule has 0 aromatic rings. The van der Waals surface area contributed by atoms with E-state index in [2.05, 4.69) is 5.14 Å². The standard InChI is InChI=1S/CH6N2O2S2/c1-6-3-7(2,4)5/h3H,1H3,(H2,2,4,5). The first kappa shape index (κ1) is 7.22. The van der Waals surface area contributed by atoms with Gasteiger partial charge in [0.1, 0.15) is 0 Å². The molecule has 44 valence electrons. The van der Waals surface area contributed by atoms with Gasteiger partial charge >= 0.3 is 0 Å². The molecule has 0 aliphatic rings. The van der Waals surface area contributed by atoms with Crippen molar-refractivity contribution >= 4 is 22.2 Å². The van der Waals surface area contributed by atoms with Crippen molar-refractivity contribution in [2.45, 2.75) is 0 Å². The molecule has 7 heavy (non-hydrogen) atoms. The molecule has 0 unspecified atom stereocenters. The predicted molar refractivity (Wildman–Crippen MR) is 29.8 cm³/mol. The number of hydrogen-bond donors (Lipinski definition) is 2. The van der Waals surface area contributed by atoms with Crippen molar-refractivity contribution in [3.63, 3.8) is 0 Å². The van der Waals surface area contributed by atoms with Crippen molar-refractivity contribution in [2.75, 3.05) is 6.26 Å². The number of rotatable bonds is 2. The van der Waals surface area contributed by atoms with E-state index in [-0.39, 0.29) is 0 Å². The van der Waals surface area contributed by atoms with Gasteiger partial charge in [-0.25, -0.2) is 5.14 Å². The van der Waals surface area contributed by atoms with Gasteiger partial charge in [-0.3, -0.25) is 0 Å². The van der Waals surface area contributed by atoms with Crippen LogP contribution in [0.4, 0.5) is 0 Å². The Balaban J connectivity index is 3.60. The van der Waals surface area contributed by atoms with Crippen LogP contribution in [0.3, 0.4) is 0 Å². The van der Waals surface area contributed by atoms with Gasteiger partial charge in [0.15, 0.2) is 0 Å². The Labute approximate surface area is 46.8 Å². The summed E-state index contributed by atoms with van der Waals surface area (Å²) in [6, 6.07) is 0. The maximum atomic E-state index is 9.88. The molecule has 0 saturated heterocycles. The Morgan fingerprint density at radius 3 is 2.14 bits per heavy atom. The van der Waals surface area contributed by atoms with Crippen molar-refractivity contribution in [1.29, 1.82) is 0 Å². The Hall–Kier alpha value is 0.220. The van der Waals surface area contributed by atoms with E-state index in [1.54, 1.807) is 6.26 Å². The second-order valence-corrected chi connectivity index (χ2v) is 3.00. The lowest BCUT2D eigenvalue weighted by atomic mass is 12.0. The van der Waals surface area contributed by atoms with Crippen molar-refractivity contribution in [3.05, 3.63) is 0 Å². The Morgan fingerprint density at radius 2 is 2.14 bits per heavy atom. The normalized spacial score (nSPS) is 11.7. The van der Waals surface area contributed by atoms with Gasteiger partial charge in [-0.15, -0.1) is 4.13 Å². The Kier molecular flexibility index (Phi) is 2.59. The fourth-order valence-electron chi connectivity index (χ4n) is 0.116. The largest absolute Gasteiger partial charge is 0.283 e. The molecule has 6 heteroatoms.